The molecule has 0 bridgehead atoms. The number of hydrogen-bond donors (Lipinski definition) is 2. The molecule has 0 aromatic rings. The SMILES string of the molecule is CCC(C)NCC(C)CN1CCNCC1. The lowest BCUT2D eigenvalue weighted by molar-refractivity contribution is 0.207. The van der Waals surface area contributed by atoms with E-state index in [9.17, 15) is 0 Å². The van der Waals surface area contributed by atoms with Crippen LogP contribution in [0.2, 0.25) is 0 Å². The molecule has 2 N–H and O–H groups in total. The van der Waals surface area contributed by atoms with Gasteiger partial charge in [-0.15, -0.1) is 0 Å². The van der Waals surface area contributed by atoms with Gasteiger partial charge in [0.1, 0.15) is 0 Å². The molecule has 1 fully saturated rings. The van der Waals surface area contributed by atoms with E-state index in [2.05, 4.69) is 36.3 Å². The van der Waals surface area contributed by atoms with Crippen molar-refractivity contribution in [2.75, 3.05) is 39.3 Å². The highest BCUT2D eigenvalue weighted by Gasteiger charge is 2.13. The molecule has 0 saturated carbocycles. The lowest BCUT2D eigenvalue weighted by Gasteiger charge is -2.30. The van der Waals surface area contributed by atoms with E-state index in [1.165, 1.54) is 26.1 Å². The number of piperazine rings is 1. The van der Waals surface area contributed by atoms with Gasteiger partial charge in [0, 0.05) is 38.8 Å². The zero-order chi connectivity index (χ0) is 11.1. The van der Waals surface area contributed by atoms with Crippen LogP contribution in [0.5, 0.6) is 0 Å². The molecule has 1 saturated heterocycles. The van der Waals surface area contributed by atoms with Gasteiger partial charge in [-0.3, -0.25) is 0 Å². The first-order valence-corrected chi connectivity index (χ1v) is 6.38. The van der Waals surface area contributed by atoms with E-state index in [1.807, 2.05) is 0 Å². The van der Waals surface area contributed by atoms with E-state index in [0.29, 0.717) is 6.04 Å². The second-order valence-corrected chi connectivity index (χ2v) is 4.87. The molecule has 0 radical (unpaired) electrons. The summed E-state index contributed by atoms with van der Waals surface area (Å²) in [5.74, 6) is 0.761. The number of hydrogen-bond acceptors (Lipinski definition) is 3. The van der Waals surface area contributed by atoms with Crippen LogP contribution in [0, 0.1) is 5.92 Å². The van der Waals surface area contributed by atoms with Crippen molar-refractivity contribution in [1.29, 1.82) is 0 Å². The third kappa shape index (κ3) is 5.50. The second kappa shape index (κ2) is 7.20. The fraction of sp³-hybridized carbons (Fsp3) is 1.00. The van der Waals surface area contributed by atoms with Gasteiger partial charge >= 0.3 is 0 Å². The summed E-state index contributed by atoms with van der Waals surface area (Å²) in [5, 5.41) is 6.97. The number of nitrogens with zero attached hydrogens (tertiary/aromatic N) is 1. The van der Waals surface area contributed by atoms with Crippen LogP contribution in [0.25, 0.3) is 0 Å². The van der Waals surface area contributed by atoms with Gasteiger partial charge in [0.2, 0.25) is 0 Å². The Morgan fingerprint density at radius 1 is 1.27 bits per heavy atom. The van der Waals surface area contributed by atoms with Crippen LogP contribution in [0.15, 0.2) is 0 Å². The normalized spacial score (nSPS) is 22.6. The molecule has 1 aliphatic rings. The van der Waals surface area contributed by atoms with Gasteiger partial charge in [0.15, 0.2) is 0 Å². The van der Waals surface area contributed by atoms with E-state index < -0.39 is 0 Å². The van der Waals surface area contributed by atoms with E-state index >= 15 is 0 Å². The maximum Gasteiger partial charge on any atom is 0.0107 e. The van der Waals surface area contributed by atoms with Crippen LogP contribution < -0.4 is 10.6 Å². The van der Waals surface area contributed by atoms with Crippen molar-refractivity contribution in [2.45, 2.75) is 33.2 Å². The first kappa shape index (κ1) is 12.9. The smallest absolute Gasteiger partial charge is 0.0107 e. The molecule has 0 amide bonds. The molecule has 90 valence electrons. The molecule has 3 nitrogen and oxygen atoms in total. The Hall–Kier alpha value is -0.120. The number of nitrogens with one attached hydrogen (secondary N) is 2. The minimum Gasteiger partial charge on any atom is -0.314 e. The van der Waals surface area contributed by atoms with Crippen molar-refractivity contribution in [3.05, 3.63) is 0 Å². The van der Waals surface area contributed by atoms with Crippen LogP contribution in [0.3, 0.4) is 0 Å². The first-order valence-electron chi connectivity index (χ1n) is 6.38. The van der Waals surface area contributed by atoms with Crippen molar-refractivity contribution in [3.63, 3.8) is 0 Å². The predicted octanol–water partition coefficient (Wildman–Crippen LogP) is 0.916. The Balaban J connectivity index is 2.08. The third-order valence-electron chi connectivity index (χ3n) is 3.21. The quantitative estimate of drug-likeness (QED) is 0.687. The predicted molar refractivity (Wildman–Crippen MR) is 66.2 cm³/mol. The number of rotatable bonds is 6. The molecular weight excluding hydrogens is 186 g/mol. The zero-order valence-electron chi connectivity index (χ0n) is 10.6. The highest BCUT2D eigenvalue weighted by molar-refractivity contribution is 4.71. The molecule has 1 rings (SSSR count). The summed E-state index contributed by atoms with van der Waals surface area (Å²) < 4.78 is 0. The van der Waals surface area contributed by atoms with E-state index in [-0.39, 0.29) is 0 Å². The summed E-state index contributed by atoms with van der Waals surface area (Å²) in [6.45, 7) is 14.0. The van der Waals surface area contributed by atoms with Gasteiger partial charge in [-0.2, -0.15) is 0 Å². The van der Waals surface area contributed by atoms with Gasteiger partial charge in [-0.05, 0) is 25.8 Å². The zero-order valence-corrected chi connectivity index (χ0v) is 10.6. The monoisotopic (exact) mass is 213 g/mol. The average Bonchev–Trinajstić information content (AvgIpc) is 2.27. The molecule has 0 aromatic heterocycles. The van der Waals surface area contributed by atoms with Crippen molar-refractivity contribution in [3.8, 4) is 0 Å². The maximum absolute atomic E-state index is 3.58. The fourth-order valence-corrected chi connectivity index (χ4v) is 1.95. The molecule has 0 aliphatic carbocycles. The summed E-state index contributed by atoms with van der Waals surface area (Å²) in [6.07, 6.45) is 1.22. The Labute approximate surface area is 94.6 Å². The molecule has 2 unspecified atom stereocenters. The molecule has 2 atom stereocenters. The van der Waals surface area contributed by atoms with E-state index in [0.717, 1.165) is 25.6 Å². The van der Waals surface area contributed by atoms with Crippen LogP contribution >= 0.6 is 0 Å². The van der Waals surface area contributed by atoms with Crippen LogP contribution in [-0.2, 0) is 0 Å². The van der Waals surface area contributed by atoms with E-state index in [1.54, 1.807) is 0 Å². The summed E-state index contributed by atoms with van der Waals surface area (Å²) >= 11 is 0. The Bertz CT molecular complexity index is 155. The van der Waals surface area contributed by atoms with Crippen LogP contribution in [0.1, 0.15) is 27.2 Å². The van der Waals surface area contributed by atoms with Crippen molar-refractivity contribution < 1.29 is 0 Å². The van der Waals surface area contributed by atoms with Crippen molar-refractivity contribution >= 4 is 0 Å². The van der Waals surface area contributed by atoms with Gasteiger partial charge in [-0.1, -0.05) is 13.8 Å². The highest BCUT2D eigenvalue weighted by Crippen LogP contribution is 2.01. The second-order valence-electron chi connectivity index (χ2n) is 4.87. The van der Waals surface area contributed by atoms with E-state index in [4.69, 9.17) is 0 Å². The highest BCUT2D eigenvalue weighted by atomic mass is 15.2. The summed E-state index contributed by atoms with van der Waals surface area (Å²) in [7, 11) is 0. The Morgan fingerprint density at radius 2 is 1.93 bits per heavy atom. The largest absolute Gasteiger partial charge is 0.314 e. The lowest BCUT2D eigenvalue weighted by Crippen LogP contribution is -2.46. The van der Waals surface area contributed by atoms with Crippen LogP contribution in [-0.4, -0.2) is 50.2 Å². The molecule has 1 heterocycles. The van der Waals surface area contributed by atoms with Crippen molar-refractivity contribution in [1.82, 2.24) is 15.5 Å². The molecule has 1 aliphatic heterocycles. The topological polar surface area (TPSA) is 27.3 Å². The Morgan fingerprint density at radius 3 is 2.53 bits per heavy atom. The van der Waals surface area contributed by atoms with Gasteiger partial charge in [0.25, 0.3) is 0 Å². The minimum atomic E-state index is 0.662. The van der Waals surface area contributed by atoms with Crippen molar-refractivity contribution in [2.24, 2.45) is 5.92 Å². The Kier molecular flexibility index (Phi) is 6.22. The molecule has 0 aromatic carbocycles. The maximum atomic E-state index is 3.58. The van der Waals surface area contributed by atoms with Gasteiger partial charge in [0.05, 0.1) is 0 Å². The lowest BCUT2D eigenvalue weighted by atomic mass is 10.1. The third-order valence-corrected chi connectivity index (χ3v) is 3.21. The molecule has 0 spiro atoms. The summed E-state index contributed by atoms with van der Waals surface area (Å²) in [5.41, 5.74) is 0. The van der Waals surface area contributed by atoms with Crippen LogP contribution in [0.4, 0.5) is 0 Å². The van der Waals surface area contributed by atoms with Gasteiger partial charge in [-0.25, -0.2) is 0 Å². The average molecular weight is 213 g/mol. The molecule has 3 heteroatoms. The summed E-state index contributed by atoms with van der Waals surface area (Å²) in [6, 6.07) is 0.662. The first-order chi connectivity index (χ1) is 7.22. The summed E-state index contributed by atoms with van der Waals surface area (Å²) in [4.78, 5) is 2.57. The molecular formula is C12H27N3. The molecule has 15 heavy (non-hydrogen) atoms. The minimum absolute atomic E-state index is 0.662. The van der Waals surface area contributed by atoms with Gasteiger partial charge < -0.3 is 15.5 Å². The fourth-order valence-electron chi connectivity index (χ4n) is 1.95. The standard InChI is InChI=1S/C12H27N3/c1-4-12(3)14-9-11(2)10-15-7-5-13-6-8-15/h11-14H,4-10H2,1-3H3.